The number of likely N-dealkylation sites (tertiary alicyclic amines) is 1. The van der Waals surface area contributed by atoms with Gasteiger partial charge in [0, 0.05) is 26.3 Å². The van der Waals surface area contributed by atoms with E-state index >= 15 is 0 Å². The Bertz CT molecular complexity index is 573. The summed E-state index contributed by atoms with van der Waals surface area (Å²) in [6, 6.07) is 0. The predicted octanol–water partition coefficient (Wildman–Crippen LogP) is -0.0543. The highest BCUT2D eigenvalue weighted by molar-refractivity contribution is 5.93. The highest BCUT2D eigenvalue weighted by Gasteiger charge is 2.24. The molecule has 0 bridgehead atoms. The Morgan fingerprint density at radius 2 is 2.17 bits per heavy atom. The first-order valence-electron chi connectivity index (χ1n) is 6.08. The van der Waals surface area contributed by atoms with Gasteiger partial charge in [-0.25, -0.2) is 4.79 Å². The van der Waals surface area contributed by atoms with E-state index in [1.165, 1.54) is 13.2 Å². The number of carbonyl (C=O) groups excluding carboxylic acids is 1. The minimum Gasteiger partial charge on any atom is -0.338 e. The molecule has 18 heavy (non-hydrogen) atoms. The fourth-order valence-electron chi connectivity index (χ4n) is 2.26. The van der Waals surface area contributed by atoms with Gasteiger partial charge in [0.1, 0.15) is 5.56 Å². The molecule has 1 unspecified atom stereocenters. The van der Waals surface area contributed by atoms with E-state index in [0.29, 0.717) is 19.0 Å². The minimum atomic E-state index is -0.540. The van der Waals surface area contributed by atoms with E-state index in [4.69, 9.17) is 0 Å². The van der Waals surface area contributed by atoms with Gasteiger partial charge >= 0.3 is 5.69 Å². The quantitative estimate of drug-likeness (QED) is 0.760. The Morgan fingerprint density at radius 3 is 2.83 bits per heavy atom. The lowest BCUT2D eigenvalue weighted by Crippen LogP contribution is -2.44. The molecule has 6 nitrogen and oxygen atoms in total. The zero-order chi connectivity index (χ0) is 13.3. The van der Waals surface area contributed by atoms with Crippen molar-refractivity contribution < 1.29 is 4.79 Å². The highest BCUT2D eigenvalue weighted by Crippen LogP contribution is 2.16. The van der Waals surface area contributed by atoms with Crippen LogP contribution in [0.2, 0.25) is 0 Å². The van der Waals surface area contributed by atoms with Crippen LogP contribution in [0.25, 0.3) is 0 Å². The van der Waals surface area contributed by atoms with Crippen LogP contribution in [-0.2, 0) is 7.05 Å². The predicted molar refractivity (Wildman–Crippen MR) is 66.6 cm³/mol. The Morgan fingerprint density at radius 1 is 1.44 bits per heavy atom. The number of aromatic nitrogens is 2. The molecule has 98 valence electrons. The Kier molecular flexibility index (Phi) is 3.36. The molecule has 0 aliphatic carbocycles. The summed E-state index contributed by atoms with van der Waals surface area (Å²) < 4.78 is 0.917. The van der Waals surface area contributed by atoms with Gasteiger partial charge in [0.05, 0.1) is 0 Å². The van der Waals surface area contributed by atoms with E-state index in [1.54, 1.807) is 4.90 Å². The molecular formula is C12H17N3O3. The average molecular weight is 251 g/mol. The summed E-state index contributed by atoms with van der Waals surface area (Å²) in [4.78, 5) is 39.4. The molecule has 6 heteroatoms. The van der Waals surface area contributed by atoms with Gasteiger partial charge in [0.25, 0.3) is 11.5 Å². The normalized spacial score (nSPS) is 19.9. The van der Waals surface area contributed by atoms with Crippen molar-refractivity contribution in [3.8, 4) is 0 Å². The molecule has 1 aromatic rings. The van der Waals surface area contributed by atoms with Gasteiger partial charge in [-0.15, -0.1) is 0 Å². The summed E-state index contributed by atoms with van der Waals surface area (Å²) in [6.45, 7) is 3.43. The summed E-state index contributed by atoms with van der Waals surface area (Å²) >= 11 is 0. The van der Waals surface area contributed by atoms with E-state index in [0.717, 1.165) is 17.4 Å². The maximum atomic E-state index is 12.2. The van der Waals surface area contributed by atoms with E-state index in [1.807, 2.05) is 0 Å². The summed E-state index contributed by atoms with van der Waals surface area (Å²) in [7, 11) is 1.36. The molecule has 2 rings (SSSR count). The third kappa shape index (κ3) is 2.23. The number of aromatic amines is 1. The number of carbonyl (C=O) groups is 1. The van der Waals surface area contributed by atoms with Crippen LogP contribution in [0.15, 0.2) is 15.8 Å². The van der Waals surface area contributed by atoms with Crippen LogP contribution in [-0.4, -0.2) is 33.4 Å². The van der Waals surface area contributed by atoms with Gasteiger partial charge in [0.15, 0.2) is 0 Å². The SMILES string of the molecule is CC1CCCN(C(=O)c2c[nH]c(=O)n(C)c2=O)C1. The first kappa shape index (κ1) is 12.6. The third-order valence-electron chi connectivity index (χ3n) is 3.35. The van der Waals surface area contributed by atoms with Crippen molar-refractivity contribution in [3.63, 3.8) is 0 Å². The monoisotopic (exact) mass is 251 g/mol. The molecule has 1 amide bonds. The van der Waals surface area contributed by atoms with Gasteiger partial charge in [-0.05, 0) is 18.8 Å². The lowest BCUT2D eigenvalue weighted by atomic mass is 10.00. The molecule has 2 heterocycles. The fourth-order valence-corrected chi connectivity index (χ4v) is 2.26. The lowest BCUT2D eigenvalue weighted by Gasteiger charge is -2.30. The lowest BCUT2D eigenvalue weighted by molar-refractivity contribution is 0.0680. The van der Waals surface area contributed by atoms with Crippen LogP contribution in [0.5, 0.6) is 0 Å². The number of hydrogen-bond donors (Lipinski definition) is 1. The standard InChI is InChI=1S/C12H17N3O3/c1-8-4-3-5-15(7-8)11(17)9-6-13-12(18)14(2)10(9)16/h6,8H,3-5,7H2,1-2H3,(H,13,18). The van der Waals surface area contributed by atoms with Gasteiger partial charge in [-0.3, -0.25) is 14.2 Å². The number of nitrogens with one attached hydrogen (secondary N) is 1. The van der Waals surface area contributed by atoms with Gasteiger partial charge in [-0.1, -0.05) is 6.92 Å². The summed E-state index contributed by atoms with van der Waals surface area (Å²) in [6.07, 6.45) is 3.27. The topological polar surface area (TPSA) is 75.2 Å². The highest BCUT2D eigenvalue weighted by atomic mass is 16.2. The van der Waals surface area contributed by atoms with Gasteiger partial charge in [0.2, 0.25) is 0 Å². The second kappa shape index (κ2) is 4.80. The van der Waals surface area contributed by atoms with Gasteiger partial charge in [-0.2, -0.15) is 0 Å². The van der Waals surface area contributed by atoms with Crippen LogP contribution in [0, 0.1) is 5.92 Å². The van der Waals surface area contributed by atoms with Crippen LogP contribution >= 0.6 is 0 Å². The van der Waals surface area contributed by atoms with E-state index < -0.39 is 11.2 Å². The zero-order valence-corrected chi connectivity index (χ0v) is 10.6. The summed E-state index contributed by atoms with van der Waals surface area (Å²) in [5.74, 6) is 0.160. The molecule has 1 aliphatic rings. The van der Waals surface area contributed by atoms with E-state index in [2.05, 4.69) is 11.9 Å². The zero-order valence-electron chi connectivity index (χ0n) is 10.6. The second-order valence-corrected chi connectivity index (χ2v) is 4.87. The Hall–Kier alpha value is -1.85. The molecule has 0 saturated carbocycles. The molecule has 1 saturated heterocycles. The fraction of sp³-hybridized carbons (Fsp3) is 0.583. The number of rotatable bonds is 1. The summed E-state index contributed by atoms with van der Waals surface area (Å²) in [5.41, 5.74) is -1.02. The third-order valence-corrected chi connectivity index (χ3v) is 3.35. The first-order valence-corrected chi connectivity index (χ1v) is 6.08. The van der Waals surface area contributed by atoms with Crippen molar-refractivity contribution in [2.75, 3.05) is 13.1 Å². The Labute approximate surface area is 104 Å². The summed E-state index contributed by atoms with van der Waals surface area (Å²) in [5, 5.41) is 0. The van der Waals surface area contributed by atoms with E-state index in [-0.39, 0.29) is 11.5 Å². The number of nitrogens with zero attached hydrogens (tertiary/aromatic N) is 2. The van der Waals surface area contributed by atoms with Crippen molar-refractivity contribution >= 4 is 5.91 Å². The maximum absolute atomic E-state index is 12.2. The number of H-pyrrole nitrogens is 1. The smallest absolute Gasteiger partial charge is 0.328 e. The molecule has 1 N–H and O–H groups in total. The van der Waals surface area contributed by atoms with Crippen molar-refractivity contribution in [1.29, 1.82) is 0 Å². The molecule has 1 atom stereocenters. The first-order chi connectivity index (χ1) is 8.50. The van der Waals surface area contributed by atoms with Crippen LogP contribution in [0.3, 0.4) is 0 Å². The van der Waals surface area contributed by atoms with Crippen molar-refractivity contribution in [1.82, 2.24) is 14.5 Å². The molecular weight excluding hydrogens is 234 g/mol. The van der Waals surface area contributed by atoms with Crippen LogP contribution in [0.1, 0.15) is 30.1 Å². The van der Waals surface area contributed by atoms with Crippen molar-refractivity contribution in [2.24, 2.45) is 13.0 Å². The van der Waals surface area contributed by atoms with Crippen LogP contribution in [0.4, 0.5) is 0 Å². The second-order valence-electron chi connectivity index (χ2n) is 4.87. The van der Waals surface area contributed by atoms with Crippen LogP contribution < -0.4 is 11.2 Å². The molecule has 1 aliphatic heterocycles. The van der Waals surface area contributed by atoms with Gasteiger partial charge < -0.3 is 9.88 Å². The molecule has 0 spiro atoms. The molecule has 0 aromatic carbocycles. The molecule has 1 aromatic heterocycles. The Balaban J connectivity index is 2.32. The molecule has 0 radical (unpaired) electrons. The van der Waals surface area contributed by atoms with Crippen molar-refractivity contribution in [3.05, 3.63) is 32.6 Å². The maximum Gasteiger partial charge on any atom is 0.328 e. The molecule has 1 fully saturated rings. The average Bonchev–Trinajstić information content (AvgIpc) is 2.35. The van der Waals surface area contributed by atoms with E-state index in [9.17, 15) is 14.4 Å². The largest absolute Gasteiger partial charge is 0.338 e. The number of hydrogen-bond acceptors (Lipinski definition) is 3. The minimum absolute atomic E-state index is 0.0335. The van der Waals surface area contributed by atoms with Crippen molar-refractivity contribution in [2.45, 2.75) is 19.8 Å². The number of amides is 1. The number of piperidine rings is 1.